The number of halogens is 1. The number of fused-ring (bicyclic) bond motifs is 1. The molecule has 0 saturated carbocycles. The molecule has 2 aromatic carbocycles. The number of carbonyl (C=O) groups excluding carboxylic acids is 1. The van der Waals surface area contributed by atoms with Gasteiger partial charge in [-0.25, -0.2) is 9.79 Å². The van der Waals surface area contributed by atoms with Crippen molar-refractivity contribution in [1.82, 2.24) is 4.57 Å². The van der Waals surface area contributed by atoms with Gasteiger partial charge in [-0.2, -0.15) is 0 Å². The van der Waals surface area contributed by atoms with E-state index in [1.54, 1.807) is 39.6 Å². The first-order valence-electron chi connectivity index (χ1n) is 12.7. The van der Waals surface area contributed by atoms with Crippen LogP contribution in [0.2, 0.25) is 0 Å². The SMILES string of the molecule is COc1cc(C)c(/C=c2\sc3n(c2=O)[C@@H](c2cc(Br)ccc2OC)C(C(=O)OC(C)C)=C(C)N=3)cc1C(C)C. The zero-order chi connectivity index (χ0) is 28.6. The molecule has 0 fully saturated rings. The fourth-order valence-electron chi connectivity index (χ4n) is 4.71. The molecule has 0 spiro atoms. The molecule has 4 rings (SSSR count). The second-order valence-corrected chi connectivity index (χ2v) is 12.0. The fraction of sp³-hybridized carbons (Fsp3) is 0.367. The van der Waals surface area contributed by atoms with Crippen LogP contribution in [0, 0.1) is 6.92 Å². The van der Waals surface area contributed by atoms with Crippen molar-refractivity contribution in [2.24, 2.45) is 4.99 Å². The van der Waals surface area contributed by atoms with E-state index < -0.39 is 12.0 Å². The number of hydrogen-bond acceptors (Lipinski definition) is 7. The lowest BCUT2D eigenvalue weighted by molar-refractivity contribution is -0.143. The second-order valence-electron chi connectivity index (χ2n) is 10.0. The number of nitrogens with zero attached hydrogens (tertiary/aromatic N) is 2. The molecule has 1 aromatic heterocycles. The topological polar surface area (TPSA) is 79.1 Å². The first kappa shape index (κ1) is 28.8. The highest BCUT2D eigenvalue weighted by molar-refractivity contribution is 9.10. The average molecular weight is 614 g/mol. The summed E-state index contributed by atoms with van der Waals surface area (Å²) in [5.41, 5.74) is 4.21. The van der Waals surface area contributed by atoms with E-state index >= 15 is 0 Å². The molecule has 7 nitrogen and oxygen atoms in total. The molecule has 9 heteroatoms. The maximum atomic E-state index is 14.1. The zero-order valence-corrected chi connectivity index (χ0v) is 25.8. The molecule has 1 aliphatic rings. The molecule has 1 aliphatic heterocycles. The number of aryl methyl sites for hydroxylation is 1. The van der Waals surface area contributed by atoms with Crippen molar-refractivity contribution >= 4 is 39.3 Å². The second kappa shape index (κ2) is 11.5. The van der Waals surface area contributed by atoms with Crippen LogP contribution < -0.4 is 24.4 Å². The predicted octanol–water partition coefficient (Wildman–Crippen LogP) is 5.40. The Balaban J connectivity index is 2.01. The largest absolute Gasteiger partial charge is 0.496 e. The lowest BCUT2D eigenvalue weighted by Crippen LogP contribution is -2.40. The van der Waals surface area contributed by atoms with Crippen molar-refractivity contribution in [3.8, 4) is 11.5 Å². The minimum Gasteiger partial charge on any atom is -0.496 e. The lowest BCUT2D eigenvalue weighted by atomic mass is 9.95. The van der Waals surface area contributed by atoms with E-state index in [0.717, 1.165) is 26.9 Å². The lowest BCUT2D eigenvalue weighted by Gasteiger charge is -2.26. The summed E-state index contributed by atoms with van der Waals surface area (Å²) in [7, 11) is 3.23. The Hall–Kier alpha value is -3.17. The highest BCUT2D eigenvalue weighted by Gasteiger charge is 2.35. The van der Waals surface area contributed by atoms with Gasteiger partial charge in [-0.3, -0.25) is 9.36 Å². The van der Waals surface area contributed by atoms with Gasteiger partial charge in [0.05, 0.1) is 36.1 Å². The van der Waals surface area contributed by atoms with Crippen LogP contribution in [-0.4, -0.2) is 30.9 Å². The summed E-state index contributed by atoms with van der Waals surface area (Å²) in [4.78, 5) is 32.7. The van der Waals surface area contributed by atoms with Crippen molar-refractivity contribution < 1.29 is 19.0 Å². The van der Waals surface area contributed by atoms with Gasteiger partial charge in [-0.1, -0.05) is 41.1 Å². The predicted molar refractivity (Wildman–Crippen MR) is 158 cm³/mol. The van der Waals surface area contributed by atoms with Gasteiger partial charge >= 0.3 is 5.97 Å². The maximum absolute atomic E-state index is 14.1. The normalized spacial score (nSPS) is 15.5. The minimum absolute atomic E-state index is 0.241. The summed E-state index contributed by atoms with van der Waals surface area (Å²) < 4.78 is 19.8. The van der Waals surface area contributed by atoms with E-state index in [-0.39, 0.29) is 17.6 Å². The van der Waals surface area contributed by atoms with Crippen LogP contribution in [-0.2, 0) is 9.53 Å². The van der Waals surface area contributed by atoms with E-state index in [4.69, 9.17) is 19.2 Å². The molecule has 2 heterocycles. The van der Waals surface area contributed by atoms with E-state index in [0.29, 0.717) is 31.9 Å². The van der Waals surface area contributed by atoms with Crippen LogP contribution >= 0.6 is 27.3 Å². The maximum Gasteiger partial charge on any atom is 0.338 e. The Morgan fingerprint density at radius 2 is 1.77 bits per heavy atom. The monoisotopic (exact) mass is 612 g/mol. The highest BCUT2D eigenvalue weighted by Crippen LogP contribution is 2.37. The number of hydrogen-bond donors (Lipinski definition) is 0. The standard InChI is InChI=1S/C30H33BrN2O5S/c1-15(2)21-12-19(17(5)11-24(21)37-8)13-25-28(34)33-27(22-14-20(31)9-10-23(22)36-7)26(29(35)38-16(3)4)18(6)32-30(33)39-25/h9-16,27H,1-8H3/b25-13-/t27-/m0/s1. The minimum atomic E-state index is -0.773. The molecular weight excluding hydrogens is 580 g/mol. The van der Waals surface area contributed by atoms with Crippen LogP contribution in [0.15, 0.2) is 55.9 Å². The van der Waals surface area contributed by atoms with Crippen LogP contribution in [0.25, 0.3) is 6.08 Å². The smallest absolute Gasteiger partial charge is 0.338 e. The molecule has 0 amide bonds. The Morgan fingerprint density at radius 3 is 2.38 bits per heavy atom. The number of aromatic nitrogens is 1. The molecule has 0 N–H and O–H groups in total. The van der Waals surface area contributed by atoms with Crippen molar-refractivity contribution in [2.45, 2.75) is 59.6 Å². The van der Waals surface area contributed by atoms with Crippen LogP contribution in [0.3, 0.4) is 0 Å². The van der Waals surface area contributed by atoms with Gasteiger partial charge in [0.1, 0.15) is 17.5 Å². The van der Waals surface area contributed by atoms with Crippen molar-refractivity contribution in [2.75, 3.05) is 14.2 Å². The third kappa shape index (κ3) is 5.61. The summed E-state index contributed by atoms with van der Waals surface area (Å²) in [6.45, 7) is 11.6. The Labute approximate surface area is 240 Å². The molecule has 1 atom stereocenters. The molecule has 3 aromatic rings. The first-order chi connectivity index (χ1) is 18.5. The zero-order valence-electron chi connectivity index (χ0n) is 23.4. The Bertz CT molecular complexity index is 1650. The average Bonchev–Trinajstić information content (AvgIpc) is 3.17. The van der Waals surface area contributed by atoms with Gasteiger partial charge in [0.15, 0.2) is 4.80 Å². The molecule has 0 unspecified atom stereocenters. The number of thiazole rings is 1. The molecule has 39 heavy (non-hydrogen) atoms. The van der Waals surface area contributed by atoms with Crippen LogP contribution in [0.5, 0.6) is 11.5 Å². The molecule has 0 radical (unpaired) electrons. The van der Waals surface area contributed by atoms with Gasteiger partial charge in [0, 0.05) is 10.0 Å². The van der Waals surface area contributed by atoms with E-state index in [2.05, 4.69) is 35.8 Å². The summed E-state index contributed by atoms with van der Waals surface area (Å²) in [6.07, 6.45) is 1.56. The molecule has 206 valence electrons. The van der Waals surface area contributed by atoms with E-state index in [9.17, 15) is 9.59 Å². The fourth-order valence-corrected chi connectivity index (χ4v) is 6.13. The van der Waals surface area contributed by atoms with Gasteiger partial charge in [0.25, 0.3) is 5.56 Å². The van der Waals surface area contributed by atoms with Gasteiger partial charge < -0.3 is 14.2 Å². The van der Waals surface area contributed by atoms with Gasteiger partial charge in [-0.05, 0) is 86.7 Å². The third-order valence-electron chi connectivity index (χ3n) is 6.60. The Kier molecular flexibility index (Phi) is 8.51. The number of benzene rings is 2. The van der Waals surface area contributed by atoms with Crippen molar-refractivity contribution in [3.05, 3.63) is 88.0 Å². The van der Waals surface area contributed by atoms with Crippen LogP contribution in [0.4, 0.5) is 0 Å². The molecule has 0 saturated heterocycles. The molecule has 0 aliphatic carbocycles. The van der Waals surface area contributed by atoms with E-state index in [1.807, 2.05) is 37.3 Å². The molecule has 0 bridgehead atoms. The first-order valence-corrected chi connectivity index (χ1v) is 14.3. The van der Waals surface area contributed by atoms with Gasteiger partial charge in [-0.15, -0.1) is 0 Å². The molecular formula is C30H33BrN2O5S. The summed E-state index contributed by atoms with van der Waals surface area (Å²) in [6, 6.07) is 8.83. The number of carbonyl (C=O) groups is 1. The van der Waals surface area contributed by atoms with Gasteiger partial charge in [0.2, 0.25) is 0 Å². The number of allylic oxidation sites excluding steroid dienone is 1. The number of methoxy groups -OCH3 is 2. The summed E-state index contributed by atoms with van der Waals surface area (Å²) in [5.74, 6) is 1.11. The quantitative estimate of drug-likeness (QED) is 0.334. The van der Waals surface area contributed by atoms with Crippen LogP contribution in [0.1, 0.15) is 68.8 Å². The van der Waals surface area contributed by atoms with E-state index in [1.165, 1.54) is 11.3 Å². The Morgan fingerprint density at radius 1 is 1.08 bits per heavy atom. The highest BCUT2D eigenvalue weighted by atomic mass is 79.9. The third-order valence-corrected chi connectivity index (χ3v) is 8.07. The number of ether oxygens (including phenoxy) is 3. The summed E-state index contributed by atoms with van der Waals surface area (Å²) in [5, 5.41) is 0. The number of esters is 1. The van der Waals surface area contributed by atoms with Crippen molar-refractivity contribution in [1.29, 1.82) is 0 Å². The number of rotatable bonds is 7. The summed E-state index contributed by atoms with van der Waals surface area (Å²) >= 11 is 4.83. The van der Waals surface area contributed by atoms with Crippen molar-refractivity contribution in [3.63, 3.8) is 0 Å².